The average molecular weight is 352 g/mol. The molecule has 0 aliphatic carbocycles. The molecule has 5 rings (SSSR count). The first-order chi connectivity index (χ1) is 13.7. The average Bonchev–Trinajstić information content (AvgIpc) is 2.75. The number of hydrogen-bond donors (Lipinski definition) is 0. The summed E-state index contributed by atoms with van der Waals surface area (Å²) in [7, 11) is 0. The molecule has 0 aliphatic heterocycles. The van der Waals surface area contributed by atoms with Gasteiger partial charge < -0.3 is 0 Å². The lowest BCUT2D eigenvalue weighted by Gasteiger charge is -2.17. The van der Waals surface area contributed by atoms with E-state index in [1.807, 2.05) is 48.5 Å². The maximum Gasteiger partial charge on any atom is 0.102 e. The molecule has 0 saturated heterocycles. The van der Waals surface area contributed by atoms with E-state index < -0.39 is 0 Å². The zero-order valence-electron chi connectivity index (χ0n) is 14.4. The highest BCUT2D eigenvalue weighted by Crippen LogP contribution is 2.44. The van der Waals surface area contributed by atoms with Crippen LogP contribution >= 0.6 is 0 Å². The Morgan fingerprint density at radius 3 is 1.71 bits per heavy atom. The molecule has 4 heteroatoms. The first kappa shape index (κ1) is 15.6. The number of hydrogen-bond acceptors (Lipinski definition) is 4. The van der Waals surface area contributed by atoms with Gasteiger partial charge >= 0.3 is 0 Å². The van der Waals surface area contributed by atoms with Crippen LogP contribution in [0.15, 0.2) is 48.5 Å². The van der Waals surface area contributed by atoms with E-state index >= 15 is 0 Å². The second kappa shape index (κ2) is 5.43. The summed E-state index contributed by atoms with van der Waals surface area (Å²) in [6.07, 6.45) is 0. The van der Waals surface area contributed by atoms with E-state index in [0.717, 1.165) is 26.9 Å². The molecule has 0 radical (unpaired) electrons. The minimum atomic E-state index is 0.0255. The number of rotatable bonds is 0. The fourth-order valence-corrected chi connectivity index (χ4v) is 4.32. The van der Waals surface area contributed by atoms with Gasteiger partial charge in [0.15, 0.2) is 0 Å². The molecular weight excluding hydrogens is 344 g/mol. The fourth-order valence-electron chi connectivity index (χ4n) is 4.32. The number of nitrogens with zero attached hydrogens (tertiary/aromatic N) is 4. The van der Waals surface area contributed by atoms with Gasteiger partial charge in [0, 0.05) is 16.2 Å². The Labute approximate surface area is 159 Å². The highest BCUT2D eigenvalue weighted by atomic mass is 14.3. The predicted octanol–water partition coefficient (Wildman–Crippen LogP) is 5.22. The molecular formula is C24H8N4. The Hall–Kier alpha value is -4.64. The SMILES string of the molecule is N#Cc1c(C#N)c2c(C#N)ccc3c4cccc5cccc(c(c1C#N)c23)c54. The van der Waals surface area contributed by atoms with E-state index in [-0.39, 0.29) is 16.7 Å². The minimum Gasteiger partial charge on any atom is -0.192 e. The van der Waals surface area contributed by atoms with Crippen LogP contribution in [-0.2, 0) is 0 Å². The third kappa shape index (κ3) is 1.69. The maximum absolute atomic E-state index is 9.91. The Morgan fingerprint density at radius 1 is 0.464 bits per heavy atom. The third-order valence-electron chi connectivity index (χ3n) is 5.38. The van der Waals surface area contributed by atoms with E-state index in [9.17, 15) is 21.0 Å². The Morgan fingerprint density at radius 2 is 1.07 bits per heavy atom. The molecule has 0 saturated carbocycles. The van der Waals surface area contributed by atoms with Crippen molar-refractivity contribution in [2.24, 2.45) is 0 Å². The van der Waals surface area contributed by atoms with E-state index in [0.29, 0.717) is 21.7 Å². The summed E-state index contributed by atoms with van der Waals surface area (Å²) in [6.45, 7) is 0. The first-order valence-electron chi connectivity index (χ1n) is 8.54. The molecule has 0 amide bonds. The molecule has 0 aliphatic rings. The van der Waals surface area contributed by atoms with Gasteiger partial charge in [0.05, 0.1) is 28.3 Å². The first-order valence-corrected chi connectivity index (χ1v) is 8.54. The zero-order chi connectivity index (χ0) is 19.4. The van der Waals surface area contributed by atoms with Crippen LogP contribution in [0.4, 0.5) is 0 Å². The maximum atomic E-state index is 9.91. The van der Waals surface area contributed by atoms with Crippen molar-refractivity contribution in [2.75, 3.05) is 0 Å². The summed E-state index contributed by atoms with van der Waals surface area (Å²) < 4.78 is 0. The third-order valence-corrected chi connectivity index (χ3v) is 5.38. The molecule has 0 fully saturated rings. The molecule has 0 spiro atoms. The summed E-state index contributed by atoms with van der Waals surface area (Å²) in [4.78, 5) is 0. The van der Waals surface area contributed by atoms with Crippen molar-refractivity contribution < 1.29 is 0 Å². The van der Waals surface area contributed by atoms with Gasteiger partial charge in [-0.25, -0.2) is 0 Å². The highest BCUT2D eigenvalue weighted by molar-refractivity contribution is 6.35. The predicted molar refractivity (Wildman–Crippen MR) is 107 cm³/mol. The standard InChI is InChI=1S/C24H8N4/c25-9-14-7-8-16-15-5-1-3-13-4-2-6-17(21(13)15)23-20(12-28)18(10-26)19(11-27)22(14)24(16)23/h1-8H. The van der Waals surface area contributed by atoms with E-state index in [2.05, 4.69) is 18.2 Å². The highest BCUT2D eigenvalue weighted by Gasteiger charge is 2.24. The van der Waals surface area contributed by atoms with E-state index in [1.54, 1.807) is 6.07 Å². The second-order valence-electron chi connectivity index (χ2n) is 6.57. The van der Waals surface area contributed by atoms with Crippen molar-refractivity contribution in [3.63, 3.8) is 0 Å². The van der Waals surface area contributed by atoms with Crippen LogP contribution in [0.2, 0.25) is 0 Å². The van der Waals surface area contributed by atoms with Crippen molar-refractivity contribution in [1.29, 1.82) is 21.0 Å². The van der Waals surface area contributed by atoms with E-state index in [1.165, 1.54) is 0 Å². The molecule has 124 valence electrons. The molecule has 0 heterocycles. The Bertz CT molecular complexity index is 1640. The summed E-state index contributed by atoms with van der Waals surface area (Å²) in [5, 5.41) is 45.6. The van der Waals surface area contributed by atoms with Gasteiger partial charge in [0.2, 0.25) is 0 Å². The van der Waals surface area contributed by atoms with Gasteiger partial charge in [-0.3, -0.25) is 0 Å². The van der Waals surface area contributed by atoms with Crippen LogP contribution in [0, 0.1) is 45.3 Å². The molecule has 0 aromatic heterocycles. The topological polar surface area (TPSA) is 95.2 Å². The van der Waals surface area contributed by atoms with Gasteiger partial charge in [-0.15, -0.1) is 0 Å². The van der Waals surface area contributed by atoms with Crippen molar-refractivity contribution in [2.45, 2.75) is 0 Å². The largest absolute Gasteiger partial charge is 0.192 e. The van der Waals surface area contributed by atoms with Crippen LogP contribution in [0.25, 0.3) is 43.1 Å². The van der Waals surface area contributed by atoms with Crippen LogP contribution in [-0.4, -0.2) is 0 Å². The minimum absolute atomic E-state index is 0.0255. The molecule has 28 heavy (non-hydrogen) atoms. The van der Waals surface area contributed by atoms with Crippen molar-refractivity contribution >= 4 is 43.1 Å². The molecule has 5 aromatic rings. The number of nitriles is 4. The summed E-state index contributed by atoms with van der Waals surface area (Å²) in [6, 6.07) is 23.8. The van der Waals surface area contributed by atoms with E-state index in [4.69, 9.17) is 0 Å². The molecule has 0 unspecified atom stereocenters. The summed E-state index contributed by atoms with van der Waals surface area (Å²) >= 11 is 0. The molecule has 0 N–H and O–H groups in total. The Kier molecular flexibility index (Phi) is 3.02. The number of fused-ring (bicyclic) bond motifs is 2. The van der Waals surface area contributed by atoms with Crippen LogP contribution < -0.4 is 0 Å². The quantitative estimate of drug-likeness (QED) is 0.282. The monoisotopic (exact) mass is 352 g/mol. The normalized spacial score (nSPS) is 10.7. The molecule has 0 atom stereocenters. The number of benzene rings is 5. The van der Waals surface area contributed by atoms with Crippen molar-refractivity contribution in [3.05, 3.63) is 70.8 Å². The molecule has 4 nitrogen and oxygen atoms in total. The Balaban J connectivity index is 2.34. The van der Waals surface area contributed by atoms with Gasteiger partial charge in [-0.05, 0) is 33.0 Å². The second-order valence-corrected chi connectivity index (χ2v) is 6.57. The lowest BCUT2D eigenvalue weighted by molar-refractivity contribution is 1.42. The summed E-state index contributed by atoms with van der Waals surface area (Å²) in [5.74, 6) is 0. The van der Waals surface area contributed by atoms with Gasteiger partial charge in [-0.2, -0.15) is 21.0 Å². The zero-order valence-corrected chi connectivity index (χ0v) is 14.4. The van der Waals surface area contributed by atoms with Gasteiger partial charge in [-0.1, -0.05) is 42.5 Å². The lowest BCUT2D eigenvalue weighted by atomic mass is 9.82. The fraction of sp³-hybridized carbons (Fsp3) is 0. The molecule has 5 aromatic carbocycles. The van der Waals surface area contributed by atoms with Crippen molar-refractivity contribution in [3.8, 4) is 24.3 Å². The summed E-state index contributed by atoms with van der Waals surface area (Å²) in [5.41, 5.74) is 0.620. The van der Waals surface area contributed by atoms with Crippen LogP contribution in [0.1, 0.15) is 22.3 Å². The van der Waals surface area contributed by atoms with Crippen molar-refractivity contribution in [1.82, 2.24) is 0 Å². The lowest BCUT2D eigenvalue weighted by Crippen LogP contribution is -1.99. The van der Waals surface area contributed by atoms with Crippen LogP contribution in [0.5, 0.6) is 0 Å². The van der Waals surface area contributed by atoms with Gasteiger partial charge in [0.25, 0.3) is 0 Å². The smallest absolute Gasteiger partial charge is 0.102 e. The molecule has 0 bridgehead atoms. The van der Waals surface area contributed by atoms with Crippen LogP contribution in [0.3, 0.4) is 0 Å². The van der Waals surface area contributed by atoms with Gasteiger partial charge in [0.1, 0.15) is 18.2 Å².